The van der Waals surface area contributed by atoms with Crippen molar-refractivity contribution in [2.45, 2.75) is 38.3 Å². The third kappa shape index (κ3) is 4.33. The molecule has 1 heterocycles. The van der Waals surface area contributed by atoms with Crippen LogP contribution in [0.3, 0.4) is 0 Å². The molecular weight excluding hydrogens is 332 g/mol. The van der Waals surface area contributed by atoms with Gasteiger partial charge in [0.25, 0.3) is 0 Å². The first-order chi connectivity index (χ1) is 11.2. The highest BCUT2D eigenvalue weighted by molar-refractivity contribution is 7.89. The number of amides is 1. The summed E-state index contributed by atoms with van der Waals surface area (Å²) in [5, 5.41) is 7.75. The van der Waals surface area contributed by atoms with Crippen molar-refractivity contribution in [2.75, 3.05) is 0 Å². The van der Waals surface area contributed by atoms with Gasteiger partial charge in [0.1, 0.15) is 0 Å². The molecule has 0 atom stereocenters. The Bertz CT molecular complexity index is 895. The lowest BCUT2D eigenvalue weighted by atomic mass is 10.2. The third-order valence-corrected chi connectivity index (χ3v) is 4.72. The largest absolute Gasteiger partial charge is 0.352 e. The monoisotopic (exact) mass is 352 g/mol. The first kappa shape index (κ1) is 18.0. The summed E-state index contributed by atoms with van der Waals surface area (Å²) in [6.07, 6.45) is 0.174. The van der Waals surface area contributed by atoms with E-state index >= 15 is 0 Å². The van der Waals surface area contributed by atoms with Gasteiger partial charge in [-0.15, -0.1) is 0 Å². The van der Waals surface area contributed by atoms with Crippen molar-refractivity contribution >= 4 is 15.9 Å². The molecule has 1 amide bonds. The zero-order chi connectivity index (χ0) is 17.9. The molecule has 130 valence electrons. The van der Waals surface area contributed by atoms with Crippen LogP contribution in [0.1, 0.15) is 23.4 Å². The van der Waals surface area contributed by atoms with E-state index in [1.165, 1.54) is 16.7 Å². The van der Waals surface area contributed by atoms with E-state index in [1.807, 2.05) is 6.92 Å². The molecule has 2 aromatic rings. The average Bonchev–Trinajstić information content (AvgIpc) is 2.75. The van der Waals surface area contributed by atoms with Gasteiger partial charge >= 0.3 is 5.69 Å². The minimum Gasteiger partial charge on any atom is -0.352 e. The van der Waals surface area contributed by atoms with Crippen molar-refractivity contribution < 1.29 is 13.2 Å². The van der Waals surface area contributed by atoms with Crippen LogP contribution in [0.15, 0.2) is 34.0 Å². The summed E-state index contributed by atoms with van der Waals surface area (Å²) in [6.45, 7) is 4.19. The second kappa shape index (κ2) is 7.02. The highest BCUT2D eigenvalue weighted by atomic mass is 32.2. The summed E-state index contributed by atoms with van der Waals surface area (Å²) in [5.74, 6) is -0.198. The molecule has 24 heavy (non-hydrogen) atoms. The maximum atomic E-state index is 11.9. The van der Waals surface area contributed by atoms with Crippen molar-refractivity contribution in [1.82, 2.24) is 14.9 Å². The van der Waals surface area contributed by atoms with Gasteiger partial charge in [0.2, 0.25) is 15.9 Å². The van der Waals surface area contributed by atoms with Gasteiger partial charge in [-0.1, -0.05) is 12.1 Å². The topological polar surface area (TPSA) is 127 Å². The van der Waals surface area contributed by atoms with Gasteiger partial charge < -0.3 is 10.3 Å². The van der Waals surface area contributed by atoms with Crippen LogP contribution in [0.4, 0.5) is 0 Å². The third-order valence-electron chi connectivity index (χ3n) is 3.79. The van der Waals surface area contributed by atoms with E-state index in [0.717, 1.165) is 17.0 Å². The van der Waals surface area contributed by atoms with Crippen LogP contribution in [0.25, 0.3) is 0 Å². The molecule has 4 N–H and O–H groups in total. The van der Waals surface area contributed by atoms with Crippen molar-refractivity contribution in [3.63, 3.8) is 0 Å². The van der Waals surface area contributed by atoms with Crippen LogP contribution in [0.2, 0.25) is 0 Å². The smallest absolute Gasteiger partial charge is 0.325 e. The maximum Gasteiger partial charge on any atom is 0.325 e. The van der Waals surface area contributed by atoms with Crippen LogP contribution in [-0.2, 0) is 27.9 Å². The van der Waals surface area contributed by atoms with Gasteiger partial charge in [0, 0.05) is 30.9 Å². The van der Waals surface area contributed by atoms with Gasteiger partial charge in [-0.05, 0) is 31.5 Å². The minimum atomic E-state index is -3.72. The molecule has 0 radical (unpaired) electrons. The van der Waals surface area contributed by atoms with Gasteiger partial charge in [-0.25, -0.2) is 18.4 Å². The van der Waals surface area contributed by atoms with E-state index in [2.05, 4.69) is 10.3 Å². The van der Waals surface area contributed by atoms with Crippen LogP contribution < -0.4 is 16.1 Å². The molecule has 0 aliphatic rings. The van der Waals surface area contributed by atoms with E-state index < -0.39 is 10.0 Å². The van der Waals surface area contributed by atoms with E-state index in [4.69, 9.17) is 5.14 Å². The number of sulfonamides is 1. The fourth-order valence-electron chi connectivity index (χ4n) is 2.24. The van der Waals surface area contributed by atoms with Crippen LogP contribution in [0, 0.1) is 13.8 Å². The Labute approximate surface area is 139 Å². The number of imidazole rings is 1. The molecule has 2 rings (SSSR count). The van der Waals surface area contributed by atoms with E-state index in [1.54, 1.807) is 19.1 Å². The van der Waals surface area contributed by atoms with E-state index in [-0.39, 0.29) is 29.5 Å². The molecule has 0 bridgehead atoms. The Morgan fingerprint density at radius 1 is 1.25 bits per heavy atom. The van der Waals surface area contributed by atoms with E-state index in [9.17, 15) is 18.0 Å². The van der Waals surface area contributed by atoms with Gasteiger partial charge in [0.15, 0.2) is 0 Å². The molecule has 8 nitrogen and oxygen atoms in total. The fraction of sp³-hybridized carbons (Fsp3) is 0.333. The summed E-state index contributed by atoms with van der Waals surface area (Å²) in [7, 11) is -3.72. The zero-order valence-electron chi connectivity index (χ0n) is 13.5. The van der Waals surface area contributed by atoms with Crippen molar-refractivity contribution in [2.24, 2.45) is 5.14 Å². The number of benzene rings is 1. The molecule has 0 aliphatic heterocycles. The number of hydrogen-bond donors (Lipinski definition) is 3. The number of aromatic nitrogens is 2. The molecule has 9 heteroatoms. The van der Waals surface area contributed by atoms with Gasteiger partial charge in [-0.3, -0.25) is 9.36 Å². The number of rotatable bonds is 6. The number of hydrogen-bond acceptors (Lipinski definition) is 4. The molecule has 0 fully saturated rings. The second-order valence-electron chi connectivity index (χ2n) is 5.51. The summed E-state index contributed by atoms with van der Waals surface area (Å²) in [4.78, 5) is 26.3. The number of nitrogens with two attached hydrogens (primary N) is 1. The van der Waals surface area contributed by atoms with E-state index in [0.29, 0.717) is 6.54 Å². The number of primary sulfonamides is 1. The number of carbonyl (C=O) groups excluding carboxylic acids is 1. The number of nitrogens with zero attached hydrogens (tertiary/aromatic N) is 1. The van der Waals surface area contributed by atoms with Gasteiger partial charge in [0.05, 0.1) is 4.90 Å². The maximum absolute atomic E-state index is 11.9. The van der Waals surface area contributed by atoms with Crippen LogP contribution in [-0.4, -0.2) is 23.9 Å². The quantitative estimate of drug-likeness (QED) is 0.683. The Kier molecular flexibility index (Phi) is 5.25. The average molecular weight is 352 g/mol. The molecule has 0 spiro atoms. The van der Waals surface area contributed by atoms with Crippen LogP contribution >= 0.6 is 0 Å². The molecule has 1 aromatic carbocycles. The number of carbonyl (C=O) groups is 1. The normalized spacial score (nSPS) is 11.5. The number of H-pyrrole nitrogens is 1. The number of aryl methyl sites for hydroxylation is 1. The second-order valence-corrected chi connectivity index (χ2v) is 7.07. The van der Waals surface area contributed by atoms with Crippen molar-refractivity contribution in [3.05, 3.63) is 51.7 Å². The summed E-state index contributed by atoms with van der Waals surface area (Å²) in [5.41, 5.74) is 2.12. The summed E-state index contributed by atoms with van der Waals surface area (Å²) < 4.78 is 23.9. The molecule has 1 aromatic heterocycles. The predicted molar refractivity (Wildman–Crippen MR) is 88.8 cm³/mol. The van der Waals surface area contributed by atoms with Crippen molar-refractivity contribution in [1.29, 1.82) is 0 Å². The minimum absolute atomic E-state index is 0.0234. The fourth-order valence-corrected chi connectivity index (χ4v) is 2.76. The highest BCUT2D eigenvalue weighted by Gasteiger charge is 2.10. The molecule has 0 saturated heterocycles. The summed E-state index contributed by atoms with van der Waals surface area (Å²) >= 11 is 0. The standard InChI is InChI=1S/C15H20N4O4S/c1-10-11(2)19(15(21)18-10)8-7-14(20)17-9-12-3-5-13(6-4-12)24(16,22)23/h3-6H,7-9H2,1-2H3,(H,17,20)(H,18,21)(H2,16,22,23). The molecule has 0 saturated carbocycles. The Morgan fingerprint density at radius 2 is 1.88 bits per heavy atom. The first-order valence-electron chi connectivity index (χ1n) is 7.33. The lowest BCUT2D eigenvalue weighted by Crippen LogP contribution is -2.26. The zero-order valence-corrected chi connectivity index (χ0v) is 14.3. The first-order valence-corrected chi connectivity index (χ1v) is 8.87. The molecule has 0 aliphatic carbocycles. The highest BCUT2D eigenvalue weighted by Crippen LogP contribution is 2.08. The Hall–Kier alpha value is -2.39. The Morgan fingerprint density at radius 3 is 2.38 bits per heavy atom. The number of nitrogens with one attached hydrogen (secondary N) is 2. The van der Waals surface area contributed by atoms with Gasteiger partial charge in [-0.2, -0.15) is 0 Å². The molecular formula is C15H20N4O4S. The lowest BCUT2D eigenvalue weighted by molar-refractivity contribution is -0.121. The predicted octanol–water partition coefficient (Wildman–Crippen LogP) is 0.147. The lowest BCUT2D eigenvalue weighted by Gasteiger charge is -2.07. The SMILES string of the molecule is Cc1[nH]c(=O)n(CCC(=O)NCc2ccc(S(N)(=O)=O)cc2)c1C. The van der Waals surface area contributed by atoms with Crippen LogP contribution in [0.5, 0.6) is 0 Å². The van der Waals surface area contributed by atoms with Crippen molar-refractivity contribution in [3.8, 4) is 0 Å². The Balaban J connectivity index is 1.88. The molecule has 0 unspecified atom stereocenters. The summed E-state index contributed by atoms with van der Waals surface area (Å²) in [6, 6.07) is 5.96. The number of aromatic amines is 1.